The van der Waals surface area contributed by atoms with Crippen molar-refractivity contribution in [3.8, 4) is 5.75 Å². The largest absolute Gasteiger partial charge is 0.507 e. The second-order valence-electron chi connectivity index (χ2n) is 10.0. The molecule has 2 aromatic rings. The maximum Gasteiger partial charge on any atom is 0.167 e. The molecule has 7 N–H and O–H groups in total. The monoisotopic (exact) mass is 548 g/mol. The molecule has 3 atom stereocenters. The Kier molecular flexibility index (Phi) is 15.4. The lowest BCUT2D eigenvalue weighted by atomic mass is 9.73. The average Bonchev–Trinajstić information content (AvgIpc) is 2.86. The van der Waals surface area contributed by atoms with E-state index in [4.69, 9.17) is 0 Å². The predicted molar refractivity (Wildman–Crippen MR) is 155 cm³/mol. The van der Waals surface area contributed by atoms with Gasteiger partial charge in [0.2, 0.25) is 0 Å². The molecule has 0 saturated heterocycles. The van der Waals surface area contributed by atoms with E-state index in [1.807, 2.05) is 50.5 Å². The number of aromatic hydroxyl groups is 1. The summed E-state index contributed by atoms with van der Waals surface area (Å²) in [6.07, 6.45) is 1.30. The third-order valence-electron chi connectivity index (χ3n) is 6.86. The summed E-state index contributed by atoms with van der Waals surface area (Å²) in [5.41, 5.74) is 3.26. The van der Waals surface area contributed by atoms with Crippen LogP contribution in [0.2, 0.25) is 0 Å². The van der Waals surface area contributed by atoms with E-state index >= 15 is 0 Å². The van der Waals surface area contributed by atoms with Crippen LogP contribution in [0.3, 0.4) is 0 Å². The summed E-state index contributed by atoms with van der Waals surface area (Å²) >= 11 is 0. The van der Waals surface area contributed by atoms with Gasteiger partial charge in [-0.15, -0.1) is 0 Å². The van der Waals surface area contributed by atoms with Gasteiger partial charge in [0, 0.05) is 34.9 Å². The van der Waals surface area contributed by atoms with E-state index in [1.54, 1.807) is 6.07 Å². The summed E-state index contributed by atoms with van der Waals surface area (Å²) in [4.78, 5) is 37.0. The molecule has 39 heavy (non-hydrogen) atoms. The summed E-state index contributed by atoms with van der Waals surface area (Å²) in [5.74, 6) is -1.94. The highest BCUT2D eigenvalue weighted by Gasteiger charge is 2.34. The molecule has 0 radical (unpaired) electrons. The molecule has 0 heterocycles. The van der Waals surface area contributed by atoms with Gasteiger partial charge in [0.25, 0.3) is 0 Å². The first-order valence-electron chi connectivity index (χ1n) is 13.2. The van der Waals surface area contributed by atoms with E-state index < -0.39 is 12.5 Å². The van der Waals surface area contributed by atoms with Crippen molar-refractivity contribution in [2.24, 2.45) is 17.8 Å². The number of fused-ring (bicyclic) bond motifs is 1. The van der Waals surface area contributed by atoms with E-state index in [9.17, 15) is 29.7 Å². The molecule has 220 valence electrons. The Bertz CT molecular complexity index is 1070. The van der Waals surface area contributed by atoms with Crippen molar-refractivity contribution in [2.75, 3.05) is 27.3 Å². The van der Waals surface area contributed by atoms with Gasteiger partial charge in [-0.05, 0) is 74.9 Å². The average molecular weight is 549 g/mol. The number of Topliss-reactive ketones (excluding diaryl/α,β-unsaturated/α-hetero) is 3. The van der Waals surface area contributed by atoms with Gasteiger partial charge in [0.15, 0.2) is 5.78 Å². The van der Waals surface area contributed by atoms with Crippen LogP contribution in [0.15, 0.2) is 42.5 Å². The van der Waals surface area contributed by atoms with Gasteiger partial charge in [-0.1, -0.05) is 36.4 Å². The minimum absolute atomic E-state index is 0. The van der Waals surface area contributed by atoms with Gasteiger partial charge < -0.3 is 31.4 Å². The van der Waals surface area contributed by atoms with Crippen molar-refractivity contribution in [1.29, 1.82) is 0 Å². The SMILES string of the molecule is CC(=O)CC(=O)C(CO)C(CCO)CC1CC(=O)c2c(O)ccc(CNCc3ccccc3)c2C1.CNC.O.[HH].[HH]. The normalized spacial score (nSPS) is 15.7. The fraction of sp³-hybridized carbons (Fsp3) is 0.500. The molecule has 9 heteroatoms. The van der Waals surface area contributed by atoms with Crippen LogP contribution in [0.4, 0.5) is 0 Å². The van der Waals surface area contributed by atoms with Crippen LogP contribution < -0.4 is 10.6 Å². The number of rotatable bonds is 13. The van der Waals surface area contributed by atoms with Crippen LogP contribution in [0.5, 0.6) is 5.75 Å². The Morgan fingerprint density at radius 2 is 1.72 bits per heavy atom. The molecule has 3 unspecified atom stereocenters. The second kappa shape index (κ2) is 17.6. The number of ketones is 3. The number of aliphatic hydroxyl groups excluding tert-OH is 2. The Labute approximate surface area is 233 Å². The lowest BCUT2D eigenvalue weighted by molar-refractivity contribution is -0.131. The predicted octanol–water partition coefficient (Wildman–Crippen LogP) is 2.48. The molecule has 9 nitrogen and oxygen atoms in total. The highest BCUT2D eigenvalue weighted by molar-refractivity contribution is 6.01. The number of hydrogen-bond acceptors (Lipinski definition) is 8. The van der Waals surface area contributed by atoms with Gasteiger partial charge >= 0.3 is 0 Å². The topological polar surface area (TPSA) is 167 Å². The highest BCUT2D eigenvalue weighted by atomic mass is 16.3. The Morgan fingerprint density at radius 3 is 2.31 bits per heavy atom. The molecule has 1 aliphatic rings. The summed E-state index contributed by atoms with van der Waals surface area (Å²) in [5, 5.41) is 36.0. The van der Waals surface area contributed by atoms with Gasteiger partial charge in [0.05, 0.1) is 18.6 Å². The fourth-order valence-electron chi connectivity index (χ4n) is 5.19. The van der Waals surface area contributed by atoms with Crippen molar-refractivity contribution in [3.05, 3.63) is 64.7 Å². The van der Waals surface area contributed by atoms with Crippen molar-refractivity contribution in [2.45, 2.75) is 52.1 Å². The zero-order valence-corrected chi connectivity index (χ0v) is 23.2. The smallest absolute Gasteiger partial charge is 0.167 e. The maximum absolute atomic E-state index is 13.0. The maximum atomic E-state index is 13.0. The zero-order chi connectivity index (χ0) is 28.1. The van der Waals surface area contributed by atoms with Gasteiger partial charge in [0.1, 0.15) is 17.3 Å². The number of carbonyl (C=O) groups excluding carboxylic acids is 3. The number of carbonyl (C=O) groups is 3. The standard InChI is InChI=1S/C28H35NO6.C2H7N.H2O.2H2/c1-18(32)11-26(34)24(17-31)21(9-10-30)12-20-13-23-22(7-8-25(33)28(23)27(35)14-20)16-29-15-19-5-3-2-4-6-19;1-3-2;;;/h2-8,20-21,24,29-31,33H,9-17H2,1H3;3H,1-2H3;1H2;2*1H. The molecule has 2 aromatic carbocycles. The Hall–Kier alpha value is -2.95. The number of phenolic OH excluding ortho intramolecular Hbond substituents is 1. The number of nitrogens with one attached hydrogen (secondary N) is 2. The molecular weight excluding hydrogens is 500 g/mol. The second-order valence-corrected chi connectivity index (χ2v) is 10.0. The van der Waals surface area contributed by atoms with Crippen LogP contribution >= 0.6 is 0 Å². The third-order valence-corrected chi connectivity index (χ3v) is 6.86. The fourth-order valence-corrected chi connectivity index (χ4v) is 5.19. The number of benzene rings is 2. The summed E-state index contributed by atoms with van der Waals surface area (Å²) in [7, 11) is 3.75. The first-order valence-corrected chi connectivity index (χ1v) is 13.2. The quantitative estimate of drug-likeness (QED) is 0.238. The molecule has 0 aromatic heterocycles. The minimum Gasteiger partial charge on any atom is -0.507 e. The van der Waals surface area contributed by atoms with Crippen LogP contribution in [0.1, 0.15) is 62.5 Å². The molecule has 3 rings (SSSR count). The van der Waals surface area contributed by atoms with Crippen molar-refractivity contribution < 1.29 is 38.0 Å². The summed E-state index contributed by atoms with van der Waals surface area (Å²) < 4.78 is 0. The molecule has 0 aliphatic heterocycles. The van der Waals surface area contributed by atoms with Gasteiger partial charge in [-0.3, -0.25) is 14.4 Å². The summed E-state index contributed by atoms with van der Waals surface area (Å²) in [6, 6.07) is 13.4. The molecule has 1 aliphatic carbocycles. The molecule has 0 amide bonds. The van der Waals surface area contributed by atoms with Crippen molar-refractivity contribution >= 4 is 17.3 Å². The third kappa shape index (κ3) is 10.3. The van der Waals surface area contributed by atoms with Crippen LogP contribution in [0, 0.1) is 17.8 Å². The van der Waals surface area contributed by atoms with Crippen LogP contribution in [-0.2, 0) is 29.1 Å². The summed E-state index contributed by atoms with van der Waals surface area (Å²) in [6.45, 7) is 1.99. The van der Waals surface area contributed by atoms with E-state index in [0.29, 0.717) is 37.9 Å². The minimum atomic E-state index is -0.751. The van der Waals surface area contributed by atoms with Crippen molar-refractivity contribution in [3.63, 3.8) is 0 Å². The van der Waals surface area contributed by atoms with E-state index in [-0.39, 0.29) is 62.7 Å². The lowest BCUT2D eigenvalue weighted by Gasteiger charge is -2.31. The molecule has 0 fully saturated rings. The Morgan fingerprint density at radius 1 is 1.05 bits per heavy atom. The van der Waals surface area contributed by atoms with Crippen molar-refractivity contribution in [1.82, 2.24) is 10.6 Å². The van der Waals surface area contributed by atoms with E-state index in [0.717, 1.165) is 16.7 Å². The first kappa shape index (κ1) is 34.1. The molecule has 0 spiro atoms. The number of hydrogen-bond donors (Lipinski definition) is 5. The highest BCUT2D eigenvalue weighted by Crippen LogP contribution is 2.38. The van der Waals surface area contributed by atoms with Crippen LogP contribution in [0.25, 0.3) is 0 Å². The number of aliphatic hydroxyl groups is 2. The first-order chi connectivity index (χ1) is 18.2. The Balaban J connectivity index is 0. The van der Waals surface area contributed by atoms with Gasteiger partial charge in [-0.2, -0.15) is 0 Å². The van der Waals surface area contributed by atoms with Gasteiger partial charge in [-0.25, -0.2) is 0 Å². The molecule has 0 bridgehead atoms. The molecular formula is C30H48N2O7. The van der Waals surface area contributed by atoms with E-state index in [1.165, 1.54) is 6.92 Å². The lowest BCUT2D eigenvalue weighted by Crippen LogP contribution is -2.33. The van der Waals surface area contributed by atoms with E-state index in [2.05, 4.69) is 10.6 Å². The zero-order valence-electron chi connectivity index (χ0n) is 23.2. The molecule has 0 saturated carbocycles. The number of phenols is 1. The van der Waals surface area contributed by atoms with Crippen LogP contribution in [-0.4, -0.2) is 65.5 Å².